The number of nitrogens with zero attached hydrogens (tertiary/aromatic N) is 4. The van der Waals surface area contributed by atoms with Gasteiger partial charge in [-0.3, -0.25) is 4.98 Å². The number of ether oxygens (including phenoxy) is 2. The van der Waals surface area contributed by atoms with Crippen LogP contribution in [0.1, 0.15) is 40.3 Å². The van der Waals surface area contributed by atoms with Crippen molar-refractivity contribution in [1.29, 1.82) is 0 Å². The van der Waals surface area contributed by atoms with Crippen molar-refractivity contribution in [2.75, 3.05) is 18.0 Å². The second-order valence-corrected chi connectivity index (χ2v) is 9.58. The van der Waals surface area contributed by atoms with E-state index in [4.69, 9.17) is 9.47 Å². The van der Waals surface area contributed by atoms with E-state index in [2.05, 4.69) is 25.2 Å². The number of aromatic nitrogens is 3. The van der Waals surface area contributed by atoms with Crippen LogP contribution in [0.25, 0.3) is 22.3 Å². The van der Waals surface area contributed by atoms with E-state index < -0.39 is 17.5 Å². The second kappa shape index (κ2) is 9.50. The lowest BCUT2D eigenvalue weighted by atomic mass is 10.1. The van der Waals surface area contributed by atoms with E-state index >= 15 is 0 Å². The summed E-state index contributed by atoms with van der Waals surface area (Å²) in [5.41, 5.74) is 1.28. The van der Waals surface area contributed by atoms with Gasteiger partial charge in [-0.2, -0.15) is 0 Å². The Balaban J connectivity index is 1.58. The Morgan fingerprint density at radius 2 is 1.91 bits per heavy atom. The van der Waals surface area contributed by atoms with E-state index in [1.165, 1.54) is 6.07 Å². The molecule has 0 aliphatic carbocycles. The second-order valence-electron chi connectivity index (χ2n) is 9.58. The summed E-state index contributed by atoms with van der Waals surface area (Å²) in [5.74, 6) is 0.253. The third kappa shape index (κ3) is 5.77. The third-order valence-electron chi connectivity index (χ3n) is 5.26. The van der Waals surface area contributed by atoms with Crippen LogP contribution in [0.3, 0.4) is 0 Å². The maximum atomic E-state index is 14.8. The van der Waals surface area contributed by atoms with Crippen LogP contribution < -0.4 is 10.2 Å². The summed E-state index contributed by atoms with van der Waals surface area (Å²) in [6, 6.07) is 8.46. The molecule has 1 aliphatic heterocycles. The number of anilines is 1. The zero-order valence-corrected chi connectivity index (χ0v) is 20.1. The summed E-state index contributed by atoms with van der Waals surface area (Å²) < 4.78 is 25.8. The summed E-state index contributed by atoms with van der Waals surface area (Å²) in [6.07, 6.45) is 1.29. The number of carbonyl (C=O) groups excluding carboxylic acids is 1. The van der Waals surface area contributed by atoms with Crippen molar-refractivity contribution >= 4 is 22.8 Å². The molecule has 0 aromatic carbocycles. The van der Waals surface area contributed by atoms with Gasteiger partial charge in [0.05, 0.1) is 35.7 Å². The first-order chi connectivity index (χ1) is 16.1. The maximum Gasteiger partial charge on any atom is 0.407 e. The Bertz CT molecular complexity index is 1190. The first-order valence-corrected chi connectivity index (χ1v) is 11.4. The van der Waals surface area contributed by atoms with Gasteiger partial charge in [0.1, 0.15) is 17.1 Å². The molecule has 0 radical (unpaired) electrons. The molecule has 0 spiro atoms. The van der Waals surface area contributed by atoms with Crippen molar-refractivity contribution in [2.45, 2.75) is 59.0 Å². The van der Waals surface area contributed by atoms with Gasteiger partial charge in [0, 0.05) is 24.7 Å². The predicted octanol–water partition coefficient (Wildman–Crippen LogP) is 4.47. The molecule has 2 atom stereocenters. The molecule has 8 nitrogen and oxygen atoms in total. The van der Waals surface area contributed by atoms with E-state index in [1.807, 2.05) is 19.9 Å². The molecule has 3 aromatic heterocycles. The number of carbonyl (C=O) groups is 1. The Morgan fingerprint density at radius 1 is 1.18 bits per heavy atom. The minimum absolute atomic E-state index is 0.0676. The van der Waals surface area contributed by atoms with Crippen LogP contribution in [0, 0.1) is 5.82 Å². The van der Waals surface area contributed by atoms with Crippen molar-refractivity contribution in [2.24, 2.45) is 0 Å². The normalized spacial score (nSPS) is 18.7. The molecule has 4 heterocycles. The van der Waals surface area contributed by atoms with Gasteiger partial charge in [0.25, 0.3) is 0 Å². The largest absolute Gasteiger partial charge is 0.444 e. The van der Waals surface area contributed by atoms with Crippen LogP contribution in [0.15, 0.2) is 36.5 Å². The van der Waals surface area contributed by atoms with Crippen LogP contribution >= 0.6 is 0 Å². The molecular weight excluding hydrogens is 437 g/mol. The Kier molecular flexibility index (Phi) is 6.65. The van der Waals surface area contributed by atoms with Gasteiger partial charge >= 0.3 is 6.09 Å². The summed E-state index contributed by atoms with van der Waals surface area (Å²) in [7, 11) is 0. The standard InChI is InChI=1S/C25H30FN5O3/c1-15-13-31(14-16(2)33-15)22-9-7-19(26)23(30-22)20-8-6-17-11-27-18(10-21(17)29-20)12-28-24(32)34-25(3,4)5/h6-11,15-16H,12-14H2,1-5H3,(H,28,32)/t15-,16+. The number of hydrogen-bond acceptors (Lipinski definition) is 7. The van der Waals surface area contributed by atoms with Crippen molar-refractivity contribution < 1.29 is 18.7 Å². The quantitative estimate of drug-likeness (QED) is 0.606. The van der Waals surface area contributed by atoms with Crippen molar-refractivity contribution in [3.63, 3.8) is 0 Å². The summed E-state index contributed by atoms with van der Waals surface area (Å²) in [5, 5.41) is 3.49. The molecule has 3 aromatic rings. The van der Waals surface area contributed by atoms with E-state index in [1.54, 1.807) is 45.2 Å². The number of amides is 1. The van der Waals surface area contributed by atoms with E-state index in [-0.39, 0.29) is 24.4 Å². The number of morpholine rings is 1. The fraction of sp³-hybridized carbons (Fsp3) is 0.440. The van der Waals surface area contributed by atoms with E-state index in [0.717, 1.165) is 5.39 Å². The maximum absolute atomic E-state index is 14.8. The van der Waals surface area contributed by atoms with Gasteiger partial charge in [-0.05, 0) is 65.0 Å². The van der Waals surface area contributed by atoms with Gasteiger partial charge in [0.15, 0.2) is 5.82 Å². The molecule has 34 heavy (non-hydrogen) atoms. The molecule has 1 fully saturated rings. The molecule has 1 saturated heterocycles. The highest BCUT2D eigenvalue weighted by Gasteiger charge is 2.24. The fourth-order valence-electron chi connectivity index (χ4n) is 3.92. The van der Waals surface area contributed by atoms with Gasteiger partial charge in [-0.25, -0.2) is 19.2 Å². The lowest BCUT2D eigenvalue weighted by molar-refractivity contribution is -0.00546. The average Bonchev–Trinajstić information content (AvgIpc) is 2.75. The van der Waals surface area contributed by atoms with E-state index in [9.17, 15) is 9.18 Å². The number of pyridine rings is 3. The third-order valence-corrected chi connectivity index (χ3v) is 5.26. The number of nitrogens with one attached hydrogen (secondary N) is 1. The topological polar surface area (TPSA) is 89.5 Å². The lowest BCUT2D eigenvalue weighted by Crippen LogP contribution is -2.45. The molecule has 1 amide bonds. The Hall–Kier alpha value is -3.33. The highest BCUT2D eigenvalue weighted by molar-refractivity contribution is 5.81. The van der Waals surface area contributed by atoms with Gasteiger partial charge in [0.2, 0.25) is 0 Å². The molecule has 0 saturated carbocycles. The van der Waals surface area contributed by atoms with E-state index in [0.29, 0.717) is 35.8 Å². The predicted molar refractivity (Wildman–Crippen MR) is 128 cm³/mol. The van der Waals surface area contributed by atoms with Crippen LogP contribution in [-0.4, -0.2) is 51.9 Å². The summed E-state index contributed by atoms with van der Waals surface area (Å²) in [4.78, 5) is 27.6. The zero-order chi connectivity index (χ0) is 24.5. The lowest BCUT2D eigenvalue weighted by Gasteiger charge is -2.36. The Morgan fingerprint density at radius 3 is 2.62 bits per heavy atom. The smallest absolute Gasteiger partial charge is 0.407 e. The molecule has 0 unspecified atom stereocenters. The van der Waals surface area contributed by atoms with Crippen molar-refractivity contribution in [3.05, 3.63) is 48.0 Å². The molecule has 0 bridgehead atoms. The van der Waals surface area contributed by atoms with Crippen LogP contribution in [-0.2, 0) is 16.0 Å². The molecule has 1 aliphatic rings. The number of fused-ring (bicyclic) bond motifs is 1. The molecular formula is C25H30FN5O3. The molecule has 4 rings (SSSR count). The van der Waals surface area contributed by atoms with Crippen molar-refractivity contribution in [3.8, 4) is 11.4 Å². The minimum Gasteiger partial charge on any atom is -0.444 e. The van der Waals surface area contributed by atoms with Gasteiger partial charge < -0.3 is 19.7 Å². The minimum atomic E-state index is -0.583. The highest BCUT2D eigenvalue weighted by Crippen LogP contribution is 2.26. The summed E-state index contributed by atoms with van der Waals surface area (Å²) in [6.45, 7) is 11.0. The zero-order valence-electron chi connectivity index (χ0n) is 20.1. The first kappa shape index (κ1) is 23.8. The number of rotatable bonds is 4. The Labute approximate surface area is 198 Å². The first-order valence-electron chi connectivity index (χ1n) is 11.4. The van der Waals surface area contributed by atoms with Crippen molar-refractivity contribution in [1.82, 2.24) is 20.3 Å². The average molecular weight is 468 g/mol. The van der Waals surface area contributed by atoms with Gasteiger partial charge in [-0.1, -0.05) is 0 Å². The molecule has 180 valence electrons. The monoisotopic (exact) mass is 467 g/mol. The van der Waals surface area contributed by atoms with Gasteiger partial charge in [-0.15, -0.1) is 0 Å². The molecule has 9 heteroatoms. The number of halogens is 1. The number of hydrogen-bond donors (Lipinski definition) is 1. The molecule has 1 N–H and O–H groups in total. The SMILES string of the molecule is C[C@@H]1CN(c2ccc(F)c(-c3ccc4cnc(CNC(=O)OC(C)(C)C)cc4n3)n2)C[C@H](C)O1. The highest BCUT2D eigenvalue weighted by atomic mass is 19.1. The van der Waals surface area contributed by atoms with Crippen LogP contribution in [0.5, 0.6) is 0 Å². The fourth-order valence-corrected chi connectivity index (χ4v) is 3.92. The number of alkyl carbamates (subject to hydrolysis) is 1. The van der Waals surface area contributed by atoms with Crippen LogP contribution in [0.4, 0.5) is 15.0 Å². The summed E-state index contributed by atoms with van der Waals surface area (Å²) >= 11 is 0. The van der Waals surface area contributed by atoms with Crippen LogP contribution in [0.2, 0.25) is 0 Å².